The number of benzene rings is 1. The van der Waals surface area contributed by atoms with Crippen molar-refractivity contribution < 1.29 is 27.6 Å². The van der Waals surface area contributed by atoms with Gasteiger partial charge in [-0.3, -0.25) is 19.3 Å². The number of rotatable bonds is 5. The lowest BCUT2D eigenvalue weighted by Gasteiger charge is -2.37. The van der Waals surface area contributed by atoms with E-state index < -0.39 is 42.4 Å². The van der Waals surface area contributed by atoms with Crippen LogP contribution >= 0.6 is 23.2 Å². The van der Waals surface area contributed by atoms with Crippen molar-refractivity contribution in [3.8, 4) is 0 Å². The van der Waals surface area contributed by atoms with Crippen molar-refractivity contribution in [2.45, 2.75) is 32.1 Å². The van der Waals surface area contributed by atoms with Gasteiger partial charge in [0, 0.05) is 12.3 Å². The van der Waals surface area contributed by atoms with E-state index in [1.165, 1.54) is 12.2 Å². The molecule has 166 valence electrons. The van der Waals surface area contributed by atoms with Gasteiger partial charge in [0.15, 0.2) is 11.9 Å². The van der Waals surface area contributed by atoms with E-state index >= 15 is 0 Å². The maximum Gasteiger partial charge on any atom is 0.406 e. The Morgan fingerprint density at radius 2 is 2.00 bits per heavy atom. The van der Waals surface area contributed by atoms with Gasteiger partial charge < -0.3 is 10.6 Å². The molecule has 0 fully saturated rings. The van der Waals surface area contributed by atoms with Crippen molar-refractivity contribution in [2.24, 2.45) is 5.92 Å². The average molecular weight is 476 g/mol. The molecule has 1 aromatic rings. The Morgan fingerprint density at radius 3 is 2.65 bits per heavy atom. The third-order valence-corrected chi connectivity index (χ3v) is 5.54. The molecule has 1 aromatic carbocycles. The number of nitrogens with one attached hydrogen (secondary N) is 2. The van der Waals surface area contributed by atoms with Crippen LogP contribution in [0.15, 0.2) is 41.7 Å². The number of alkyl halides is 3. The molecule has 2 aliphatic rings. The molecule has 0 saturated carbocycles. The number of ketones is 1. The Balaban J connectivity index is 1.77. The zero-order chi connectivity index (χ0) is 22.9. The van der Waals surface area contributed by atoms with E-state index in [0.29, 0.717) is 14.9 Å². The van der Waals surface area contributed by atoms with E-state index in [-0.39, 0.29) is 24.2 Å². The molecule has 2 N–H and O–H groups in total. The van der Waals surface area contributed by atoms with Crippen molar-refractivity contribution in [3.05, 3.63) is 57.4 Å². The molecule has 31 heavy (non-hydrogen) atoms. The SMILES string of the molecule is C[C@@H](Cc1ccc(Cl)c(Cl)c1)C(=O)NC1NC2=C(C=CCC2=O)N(CC(F)(F)F)C1=O. The van der Waals surface area contributed by atoms with Gasteiger partial charge in [-0.25, -0.2) is 0 Å². The summed E-state index contributed by atoms with van der Waals surface area (Å²) in [5.74, 6) is -2.70. The summed E-state index contributed by atoms with van der Waals surface area (Å²) in [5.41, 5.74) is 0.429. The Bertz CT molecular complexity index is 992. The minimum atomic E-state index is -4.69. The molecule has 0 spiro atoms. The number of carbonyl (C=O) groups is 3. The summed E-state index contributed by atoms with van der Waals surface area (Å²) in [6.07, 6.45) is -3.27. The predicted molar refractivity (Wildman–Crippen MR) is 108 cm³/mol. The maximum atomic E-state index is 13.0. The Morgan fingerprint density at radius 1 is 1.29 bits per heavy atom. The Kier molecular flexibility index (Phi) is 6.66. The van der Waals surface area contributed by atoms with Gasteiger partial charge in [-0.2, -0.15) is 13.2 Å². The summed E-state index contributed by atoms with van der Waals surface area (Å²) in [7, 11) is 0. The van der Waals surface area contributed by atoms with E-state index in [9.17, 15) is 27.6 Å². The fourth-order valence-electron chi connectivity index (χ4n) is 3.30. The first-order valence-electron chi connectivity index (χ1n) is 9.29. The third-order valence-electron chi connectivity index (χ3n) is 4.80. The molecule has 3 rings (SSSR count). The lowest BCUT2D eigenvalue weighted by Crippen LogP contribution is -2.62. The molecule has 0 bridgehead atoms. The molecular formula is C20H18Cl2F3N3O3. The summed E-state index contributed by atoms with van der Waals surface area (Å²) in [6.45, 7) is 0.0208. The van der Waals surface area contributed by atoms with Crippen LogP contribution in [0.3, 0.4) is 0 Å². The van der Waals surface area contributed by atoms with E-state index in [1.807, 2.05) is 0 Å². The largest absolute Gasteiger partial charge is 0.406 e. The Labute approximate surface area is 186 Å². The van der Waals surface area contributed by atoms with Gasteiger partial charge in [0.1, 0.15) is 12.2 Å². The summed E-state index contributed by atoms with van der Waals surface area (Å²) in [4.78, 5) is 38.0. The van der Waals surface area contributed by atoms with Crippen LogP contribution in [0.25, 0.3) is 0 Å². The van der Waals surface area contributed by atoms with E-state index in [2.05, 4.69) is 10.6 Å². The normalized spacial score (nSPS) is 19.8. The smallest absolute Gasteiger partial charge is 0.353 e. The third kappa shape index (κ3) is 5.40. The van der Waals surface area contributed by atoms with Crippen LogP contribution < -0.4 is 10.6 Å². The summed E-state index contributed by atoms with van der Waals surface area (Å²) < 4.78 is 39.1. The van der Waals surface area contributed by atoms with Crippen molar-refractivity contribution in [3.63, 3.8) is 0 Å². The highest BCUT2D eigenvalue weighted by Gasteiger charge is 2.43. The van der Waals surface area contributed by atoms with Gasteiger partial charge >= 0.3 is 6.18 Å². The molecule has 1 aliphatic heterocycles. The molecule has 1 unspecified atom stereocenters. The van der Waals surface area contributed by atoms with Crippen LogP contribution in [0.4, 0.5) is 13.2 Å². The molecule has 2 amide bonds. The maximum absolute atomic E-state index is 13.0. The monoisotopic (exact) mass is 475 g/mol. The van der Waals surface area contributed by atoms with Crippen molar-refractivity contribution >= 4 is 40.8 Å². The van der Waals surface area contributed by atoms with Crippen LogP contribution in [-0.2, 0) is 20.8 Å². The highest BCUT2D eigenvalue weighted by molar-refractivity contribution is 6.42. The van der Waals surface area contributed by atoms with Crippen LogP contribution in [-0.4, -0.2) is 41.4 Å². The average Bonchev–Trinajstić information content (AvgIpc) is 2.67. The molecule has 0 aromatic heterocycles. The molecule has 0 radical (unpaired) electrons. The lowest BCUT2D eigenvalue weighted by atomic mass is 9.99. The summed E-state index contributed by atoms with van der Waals surface area (Å²) in [5, 5.41) is 5.67. The van der Waals surface area contributed by atoms with Gasteiger partial charge in [0.05, 0.1) is 15.7 Å². The first-order valence-corrected chi connectivity index (χ1v) is 10.0. The van der Waals surface area contributed by atoms with Crippen molar-refractivity contribution in [1.29, 1.82) is 0 Å². The van der Waals surface area contributed by atoms with Gasteiger partial charge in [-0.15, -0.1) is 0 Å². The van der Waals surface area contributed by atoms with Crippen LogP contribution in [0.1, 0.15) is 18.9 Å². The fourth-order valence-corrected chi connectivity index (χ4v) is 3.62. The zero-order valence-electron chi connectivity index (χ0n) is 16.2. The number of Topliss-reactive ketones (excluding diaryl/α,β-unsaturated/α-hetero) is 1. The minimum absolute atomic E-state index is 0.0196. The van der Waals surface area contributed by atoms with Crippen LogP contribution in [0, 0.1) is 5.92 Å². The number of halogens is 5. The van der Waals surface area contributed by atoms with Crippen molar-refractivity contribution in [2.75, 3.05) is 6.54 Å². The lowest BCUT2D eigenvalue weighted by molar-refractivity contribution is -0.160. The predicted octanol–water partition coefficient (Wildman–Crippen LogP) is 3.35. The van der Waals surface area contributed by atoms with Gasteiger partial charge in [0.2, 0.25) is 5.91 Å². The van der Waals surface area contributed by atoms with Gasteiger partial charge in [-0.1, -0.05) is 42.3 Å². The zero-order valence-corrected chi connectivity index (χ0v) is 17.7. The van der Waals surface area contributed by atoms with Crippen molar-refractivity contribution in [1.82, 2.24) is 15.5 Å². The van der Waals surface area contributed by atoms with Gasteiger partial charge in [-0.05, 0) is 30.2 Å². The molecule has 0 saturated heterocycles. The first-order chi connectivity index (χ1) is 14.5. The number of allylic oxidation sites excluding steroid dienone is 3. The summed E-state index contributed by atoms with van der Waals surface area (Å²) in [6, 6.07) is 4.88. The van der Waals surface area contributed by atoms with E-state index in [4.69, 9.17) is 23.2 Å². The quantitative estimate of drug-likeness (QED) is 0.684. The molecule has 2 atom stereocenters. The van der Waals surface area contributed by atoms with E-state index in [1.54, 1.807) is 25.1 Å². The second-order valence-corrected chi connectivity index (χ2v) is 8.08. The molecule has 6 nitrogen and oxygen atoms in total. The minimum Gasteiger partial charge on any atom is -0.353 e. The highest BCUT2D eigenvalue weighted by atomic mass is 35.5. The number of carbonyl (C=O) groups excluding carboxylic acids is 3. The molecule has 1 heterocycles. The van der Waals surface area contributed by atoms with Crippen LogP contribution in [0.5, 0.6) is 0 Å². The fraction of sp³-hybridized carbons (Fsp3) is 0.350. The summed E-state index contributed by atoms with van der Waals surface area (Å²) >= 11 is 11.8. The second-order valence-electron chi connectivity index (χ2n) is 7.27. The molecule has 11 heteroatoms. The number of nitrogens with zero attached hydrogens (tertiary/aromatic N) is 1. The Hall–Kier alpha value is -2.52. The topological polar surface area (TPSA) is 78.5 Å². The van der Waals surface area contributed by atoms with E-state index in [0.717, 1.165) is 5.56 Å². The number of hydrogen-bond donors (Lipinski definition) is 2. The number of amides is 2. The highest BCUT2D eigenvalue weighted by Crippen LogP contribution is 2.28. The van der Waals surface area contributed by atoms with Crippen LogP contribution in [0.2, 0.25) is 10.0 Å². The number of hydrogen-bond acceptors (Lipinski definition) is 4. The molecule has 1 aliphatic carbocycles. The molecular weight excluding hydrogens is 458 g/mol. The second kappa shape index (κ2) is 8.92. The first kappa shape index (κ1) is 23.1. The van der Waals surface area contributed by atoms with Gasteiger partial charge in [0.25, 0.3) is 5.91 Å². The standard InChI is InChI=1S/C20H18Cl2F3N3O3/c1-10(7-11-5-6-12(21)13(22)8-11)18(30)27-17-19(31)28(9-20(23,24)25)14-3-2-4-15(29)16(14)26-17/h2-3,5-6,8,10,17,26H,4,7,9H2,1H3,(H,27,30)/t10-,17?/m0/s1.